The van der Waals surface area contributed by atoms with Crippen LogP contribution >= 0.6 is 11.8 Å². The van der Waals surface area contributed by atoms with E-state index in [1.165, 1.54) is 0 Å². The molecule has 0 aromatic heterocycles. The summed E-state index contributed by atoms with van der Waals surface area (Å²) in [5.74, 6) is -0.764. The molecular formula is C25H40N4O10S. The number of nitrogens with one attached hydrogen (secondary N) is 3. The number of carbonyl (C=O) groups is 5. The van der Waals surface area contributed by atoms with Crippen molar-refractivity contribution >= 4 is 41.5 Å². The third-order valence-corrected chi connectivity index (χ3v) is 7.92. The molecule has 0 aromatic rings. The van der Waals surface area contributed by atoms with Crippen molar-refractivity contribution in [3.05, 3.63) is 0 Å². The van der Waals surface area contributed by atoms with E-state index in [0.29, 0.717) is 62.9 Å². The molecule has 0 bridgehead atoms. The van der Waals surface area contributed by atoms with Gasteiger partial charge in [-0.15, -0.1) is 5.06 Å². The Labute approximate surface area is 237 Å². The number of hydrogen-bond donors (Lipinski definition) is 3. The van der Waals surface area contributed by atoms with Crippen molar-refractivity contribution in [3.63, 3.8) is 0 Å². The summed E-state index contributed by atoms with van der Waals surface area (Å²) >= 11 is 1.89. The molecule has 3 aliphatic heterocycles. The molecule has 0 saturated carbocycles. The first-order valence-electron chi connectivity index (χ1n) is 13.8. The molecule has 0 radical (unpaired) electrons. The summed E-state index contributed by atoms with van der Waals surface area (Å²) in [6, 6.07) is 0.372. The van der Waals surface area contributed by atoms with Crippen molar-refractivity contribution < 1.29 is 47.8 Å². The van der Waals surface area contributed by atoms with Gasteiger partial charge in [-0.05, 0) is 12.8 Å². The summed E-state index contributed by atoms with van der Waals surface area (Å²) in [6.45, 7) is 3.17. The second kappa shape index (κ2) is 18.1. The van der Waals surface area contributed by atoms with Crippen molar-refractivity contribution in [2.24, 2.45) is 0 Å². The van der Waals surface area contributed by atoms with E-state index < -0.39 is 17.8 Å². The van der Waals surface area contributed by atoms with Gasteiger partial charge in [0, 0.05) is 36.8 Å². The molecule has 15 heteroatoms. The smallest absolute Gasteiger partial charge is 0.335 e. The average molecular weight is 589 g/mol. The van der Waals surface area contributed by atoms with E-state index in [1.54, 1.807) is 0 Å². The van der Waals surface area contributed by atoms with Crippen LogP contribution in [0.2, 0.25) is 0 Å². The molecule has 3 saturated heterocycles. The van der Waals surface area contributed by atoms with Crippen molar-refractivity contribution in [1.82, 2.24) is 21.0 Å². The normalized spacial score (nSPS) is 21.9. The number of fused-ring (bicyclic) bond motifs is 1. The number of carbonyl (C=O) groups excluding carboxylic acids is 5. The van der Waals surface area contributed by atoms with Gasteiger partial charge in [-0.3, -0.25) is 14.4 Å². The lowest BCUT2D eigenvalue weighted by Gasteiger charge is -2.16. The van der Waals surface area contributed by atoms with Gasteiger partial charge in [0.15, 0.2) is 0 Å². The maximum Gasteiger partial charge on any atom is 0.335 e. The molecule has 3 atom stereocenters. The third-order valence-electron chi connectivity index (χ3n) is 6.41. The van der Waals surface area contributed by atoms with Crippen LogP contribution in [0.1, 0.15) is 44.9 Å². The van der Waals surface area contributed by atoms with Gasteiger partial charge in [0.25, 0.3) is 11.8 Å². The molecule has 3 heterocycles. The lowest BCUT2D eigenvalue weighted by molar-refractivity contribution is -0.198. The predicted molar refractivity (Wildman–Crippen MR) is 142 cm³/mol. The number of hydrogen-bond acceptors (Lipinski definition) is 11. The maximum atomic E-state index is 12.0. The van der Waals surface area contributed by atoms with Crippen molar-refractivity contribution in [2.75, 3.05) is 65.2 Å². The van der Waals surface area contributed by atoms with Crippen LogP contribution in [0.4, 0.5) is 4.79 Å². The summed E-state index contributed by atoms with van der Waals surface area (Å²) in [5, 5.41) is 9.71. The van der Waals surface area contributed by atoms with E-state index in [9.17, 15) is 24.0 Å². The fraction of sp³-hybridized carbons (Fsp3) is 0.800. The minimum Gasteiger partial charge on any atom is -0.378 e. The zero-order chi connectivity index (χ0) is 28.6. The quantitative estimate of drug-likeness (QED) is 0.0929. The zero-order valence-electron chi connectivity index (χ0n) is 22.7. The van der Waals surface area contributed by atoms with Crippen LogP contribution in [-0.4, -0.2) is 117 Å². The van der Waals surface area contributed by atoms with Crippen LogP contribution in [0, 0.1) is 0 Å². The molecule has 0 spiro atoms. The highest BCUT2D eigenvalue weighted by atomic mass is 32.2. The maximum absolute atomic E-state index is 12.0. The highest BCUT2D eigenvalue weighted by Gasteiger charge is 2.42. The Balaban J connectivity index is 1.00. The number of rotatable bonds is 21. The second-order valence-corrected chi connectivity index (χ2v) is 10.7. The second-order valence-electron chi connectivity index (χ2n) is 9.46. The summed E-state index contributed by atoms with van der Waals surface area (Å²) in [7, 11) is 0. The van der Waals surface area contributed by atoms with Crippen LogP contribution in [-0.2, 0) is 43.0 Å². The molecule has 40 heavy (non-hydrogen) atoms. The molecule has 14 nitrogen and oxygen atoms in total. The van der Waals surface area contributed by atoms with E-state index in [1.807, 2.05) is 11.8 Å². The molecule has 0 aromatic carbocycles. The summed E-state index contributed by atoms with van der Waals surface area (Å²) in [4.78, 5) is 62.5. The number of nitrogens with zero attached hydrogens (tertiary/aromatic N) is 1. The third kappa shape index (κ3) is 11.6. The van der Waals surface area contributed by atoms with E-state index in [2.05, 4.69) is 16.0 Å². The lowest BCUT2D eigenvalue weighted by atomic mass is 10.0. The zero-order valence-corrected chi connectivity index (χ0v) is 23.5. The monoisotopic (exact) mass is 588 g/mol. The number of hydroxylamine groups is 2. The first-order valence-corrected chi connectivity index (χ1v) is 14.8. The standard InChI is InChI=1S/C25H40N4O10S/c30-20(4-2-1-3-19-24-18(17-40-19)27-25(34)28-24)26-8-10-36-12-14-38-16-15-37-13-11-35-9-7-23(33)39-29-21(31)5-6-22(29)32/h18-19,24H,1-17H2,(H,26,30)(H2,27,28,34)/t18-,19-,24-/m1/s1. The molecule has 3 rings (SSSR count). The van der Waals surface area contributed by atoms with Crippen LogP contribution in [0.3, 0.4) is 0 Å². The molecule has 3 fully saturated rings. The molecular weight excluding hydrogens is 548 g/mol. The van der Waals surface area contributed by atoms with Crippen LogP contribution < -0.4 is 16.0 Å². The predicted octanol–water partition coefficient (Wildman–Crippen LogP) is -0.108. The summed E-state index contributed by atoms with van der Waals surface area (Å²) in [5.41, 5.74) is 0. The number of imide groups is 1. The van der Waals surface area contributed by atoms with Crippen LogP contribution in [0.5, 0.6) is 0 Å². The van der Waals surface area contributed by atoms with Gasteiger partial charge in [-0.25, -0.2) is 9.59 Å². The van der Waals surface area contributed by atoms with Gasteiger partial charge in [0.05, 0.1) is 71.4 Å². The van der Waals surface area contributed by atoms with E-state index in [0.717, 1.165) is 25.0 Å². The number of amides is 5. The topological polar surface area (TPSA) is 171 Å². The van der Waals surface area contributed by atoms with Gasteiger partial charge in [0.1, 0.15) is 0 Å². The van der Waals surface area contributed by atoms with Crippen LogP contribution in [0.15, 0.2) is 0 Å². The Morgan fingerprint density at radius 2 is 1.45 bits per heavy atom. The number of thioether (sulfide) groups is 1. The number of urea groups is 1. The number of unbranched alkanes of at least 4 members (excludes halogenated alkanes) is 1. The van der Waals surface area contributed by atoms with E-state index in [-0.39, 0.29) is 56.5 Å². The summed E-state index contributed by atoms with van der Waals surface area (Å²) < 4.78 is 21.5. The Bertz CT molecular complexity index is 847. The molecule has 3 N–H and O–H groups in total. The first-order chi connectivity index (χ1) is 19.4. The average Bonchev–Trinajstić information content (AvgIpc) is 3.58. The Morgan fingerprint density at radius 1 is 0.825 bits per heavy atom. The highest BCUT2D eigenvalue weighted by molar-refractivity contribution is 8.00. The Kier molecular flexibility index (Phi) is 14.5. The molecule has 3 aliphatic rings. The lowest BCUT2D eigenvalue weighted by Crippen LogP contribution is -2.36. The van der Waals surface area contributed by atoms with Gasteiger partial charge >= 0.3 is 12.0 Å². The SMILES string of the molecule is O=C(CCCC[C@H]1SC[C@H]2NC(=O)N[C@H]21)NCCOCCOCCOCCOCCC(=O)ON1C(=O)CCC1=O. The highest BCUT2D eigenvalue weighted by Crippen LogP contribution is 2.33. The van der Waals surface area contributed by atoms with Gasteiger partial charge < -0.3 is 39.7 Å². The minimum absolute atomic E-state index is 0.0174. The Morgan fingerprint density at radius 3 is 2.12 bits per heavy atom. The molecule has 0 aliphatic carbocycles. The van der Waals surface area contributed by atoms with Crippen molar-refractivity contribution in [2.45, 2.75) is 62.3 Å². The number of ether oxygens (including phenoxy) is 4. The Hall–Kier alpha value is -2.46. The first kappa shape index (κ1) is 32.1. The largest absolute Gasteiger partial charge is 0.378 e. The minimum atomic E-state index is -0.703. The van der Waals surface area contributed by atoms with E-state index >= 15 is 0 Å². The molecule has 226 valence electrons. The van der Waals surface area contributed by atoms with Crippen molar-refractivity contribution in [3.8, 4) is 0 Å². The van der Waals surface area contributed by atoms with Gasteiger partial charge in [-0.1, -0.05) is 6.42 Å². The van der Waals surface area contributed by atoms with Crippen LogP contribution in [0.25, 0.3) is 0 Å². The fourth-order valence-corrected chi connectivity index (χ4v) is 5.89. The van der Waals surface area contributed by atoms with Crippen molar-refractivity contribution in [1.29, 1.82) is 0 Å². The fourth-order valence-electron chi connectivity index (χ4n) is 4.35. The molecule has 5 amide bonds. The molecule has 0 unspecified atom stereocenters. The van der Waals surface area contributed by atoms with E-state index in [4.69, 9.17) is 23.8 Å². The van der Waals surface area contributed by atoms with Gasteiger partial charge in [-0.2, -0.15) is 11.8 Å². The summed E-state index contributed by atoms with van der Waals surface area (Å²) in [6.07, 6.45) is 3.30. The van der Waals surface area contributed by atoms with Gasteiger partial charge in [0.2, 0.25) is 5.91 Å².